The number of nitrogens with two attached hydrogens (primary N) is 1. The standard InChI is InChI=1S/C25H28N8O2/c1-3-26-25(34)32-24-30-21-12-17(11-20(22(21)31-24)23-27-8-4-9-28-23)16-5-6-18(29-13-16)14-33-10-7-19(15-33)35-2/h4-6,8-9,11-13,19H,3,7,10,14-15H2,1-2H3,(H3,26,30,31,32,34)/p+1/t19-/m1/s1. The molecular weight excluding hydrogens is 444 g/mol. The van der Waals surface area contributed by atoms with Gasteiger partial charge in [-0.25, -0.2) is 14.8 Å². The molecule has 0 aliphatic carbocycles. The number of nitrogens with zero attached hydrogens (tertiary/aromatic N) is 5. The second-order valence-electron chi connectivity index (χ2n) is 8.57. The number of aromatic nitrogens is 5. The van der Waals surface area contributed by atoms with Crippen molar-refractivity contribution in [3.8, 4) is 22.5 Å². The first-order valence-electron chi connectivity index (χ1n) is 11.8. The Kier molecular flexibility index (Phi) is 6.75. The number of nitrogens with one attached hydrogen (secondary N) is 2. The summed E-state index contributed by atoms with van der Waals surface area (Å²) in [5.74, 6) is 1.05. The number of pyridine rings is 1. The summed E-state index contributed by atoms with van der Waals surface area (Å²) >= 11 is 0. The van der Waals surface area contributed by atoms with Crippen LogP contribution in [0, 0.1) is 0 Å². The Bertz CT molecular complexity index is 1310. The molecule has 35 heavy (non-hydrogen) atoms. The minimum absolute atomic E-state index is 0.195. The van der Waals surface area contributed by atoms with Crippen LogP contribution in [0.1, 0.15) is 19.0 Å². The number of imidazole rings is 1. The van der Waals surface area contributed by atoms with E-state index in [1.807, 2.05) is 25.3 Å². The van der Waals surface area contributed by atoms with Crippen molar-refractivity contribution >= 4 is 23.0 Å². The van der Waals surface area contributed by atoms with Gasteiger partial charge < -0.3 is 10.1 Å². The Balaban J connectivity index is 1.46. The van der Waals surface area contributed by atoms with Crippen LogP contribution in [0.4, 0.5) is 10.7 Å². The molecule has 1 aliphatic heterocycles. The van der Waals surface area contributed by atoms with Crippen molar-refractivity contribution < 1.29 is 14.8 Å². The van der Waals surface area contributed by atoms with Gasteiger partial charge in [-0.3, -0.25) is 14.9 Å². The average Bonchev–Trinajstić information content (AvgIpc) is 3.50. The van der Waals surface area contributed by atoms with E-state index in [0.29, 0.717) is 29.9 Å². The molecule has 1 atom stereocenters. The molecule has 4 aromatic rings. The van der Waals surface area contributed by atoms with Crippen LogP contribution in [0.25, 0.3) is 33.5 Å². The number of amides is 2. The lowest BCUT2D eigenvalue weighted by molar-refractivity contribution is -0.472. The number of likely N-dealkylation sites (tertiary alicyclic amines) is 1. The number of aromatic amines is 1. The van der Waals surface area contributed by atoms with E-state index in [1.165, 1.54) is 5.32 Å². The van der Waals surface area contributed by atoms with Crippen molar-refractivity contribution in [3.63, 3.8) is 0 Å². The van der Waals surface area contributed by atoms with Crippen LogP contribution in [0.5, 0.6) is 0 Å². The lowest BCUT2D eigenvalue weighted by Gasteiger charge is -2.15. The van der Waals surface area contributed by atoms with Crippen molar-refractivity contribution in [2.75, 3.05) is 26.7 Å². The molecule has 0 radical (unpaired) electrons. The van der Waals surface area contributed by atoms with E-state index in [1.54, 1.807) is 25.6 Å². The number of ether oxygens (including phenoxy) is 1. The second kappa shape index (κ2) is 10.3. The first-order chi connectivity index (χ1) is 17.1. The normalized spacial score (nSPS) is 16.1. The number of fused-ring (bicyclic) bond motifs is 1. The molecule has 4 heterocycles. The van der Waals surface area contributed by atoms with E-state index in [9.17, 15) is 4.79 Å². The fourth-order valence-corrected chi connectivity index (χ4v) is 4.38. The maximum Gasteiger partial charge on any atom is 0.420 e. The van der Waals surface area contributed by atoms with Gasteiger partial charge in [0.2, 0.25) is 0 Å². The number of benzene rings is 1. The third kappa shape index (κ3) is 5.19. The highest BCUT2D eigenvalue weighted by atomic mass is 16.5. The number of methoxy groups -OCH3 is 1. The van der Waals surface area contributed by atoms with Crippen LogP contribution in [0.2, 0.25) is 0 Å². The monoisotopic (exact) mass is 473 g/mol. The summed E-state index contributed by atoms with van der Waals surface area (Å²) in [6.07, 6.45) is 6.68. The van der Waals surface area contributed by atoms with Crippen LogP contribution >= 0.6 is 0 Å². The van der Waals surface area contributed by atoms with Gasteiger partial charge in [0.1, 0.15) is 5.52 Å². The fraction of sp³-hybridized carbons (Fsp3) is 0.320. The van der Waals surface area contributed by atoms with Gasteiger partial charge in [-0.2, -0.15) is 10.3 Å². The first kappa shape index (κ1) is 23.0. The lowest BCUT2D eigenvalue weighted by Crippen LogP contribution is -2.85. The number of primary amides is 1. The number of quaternary nitrogens is 1. The molecular formula is C25H29N8O2+. The quantitative estimate of drug-likeness (QED) is 0.376. The first-order valence-corrected chi connectivity index (χ1v) is 11.8. The number of H-pyrrole nitrogens is 1. The number of hydrogen-bond acceptors (Lipinski definition) is 7. The number of rotatable bonds is 7. The van der Waals surface area contributed by atoms with Gasteiger partial charge in [-0.15, -0.1) is 0 Å². The molecule has 180 valence electrons. The molecule has 10 heteroatoms. The molecule has 0 spiro atoms. The molecule has 1 aromatic carbocycles. The molecule has 1 aliphatic rings. The minimum Gasteiger partial charge on any atom is -0.380 e. The summed E-state index contributed by atoms with van der Waals surface area (Å²) in [6.45, 7) is 5.20. The zero-order chi connectivity index (χ0) is 24.2. The lowest BCUT2D eigenvalue weighted by atomic mass is 10.0. The smallest absolute Gasteiger partial charge is 0.380 e. The van der Waals surface area contributed by atoms with Gasteiger partial charge in [0.25, 0.3) is 0 Å². The Morgan fingerprint density at radius 3 is 2.80 bits per heavy atom. The van der Waals surface area contributed by atoms with E-state index >= 15 is 0 Å². The average molecular weight is 474 g/mol. The van der Waals surface area contributed by atoms with Gasteiger partial charge in [-0.1, -0.05) is 6.07 Å². The summed E-state index contributed by atoms with van der Waals surface area (Å²) in [5.41, 5.74) is 5.27. The van der Waals surface area contributed by atoms with Gasteiger partial charge in [0, 0.05) is 63.0 Å². The Hall–Kier alpha value is -3.73. The van der Waals surface area contributed by atoms with Crippen molar-refractivity contribution in [3.05, 3.63) is 54.6 Å². The van der Waals surface area contributed by atoms with Crippen molar-refractivity contribution in [1.29, 1.82) is 0 Å². The summed E-state index contributed by atoms with van der Waals surface area (Å²) in [6, 6.07) is 9.78. The highest BCUT2D eigenvalue weighted by Gasteiger charge is 2.22. The molecule has 0 bridgehead atoms. The van der Waals surface area contributed by atoms with Crippen LogP contribution in [0.15, 0.2) is 48.9 Å². The van der Waals surface area contributed by atoms with Crippen molar-refractivity contribution in [2.45, 2.75) is 26.0 Å². The van der Waals surface area contributed by atoms with E-state index < -0.39 is 0 Å². The van der Waals surface area contributed by atoms with Crippen LogP contribution in [-0.2, 0) is 11.3 Å². The Labute approximate surface area is 203 Å². The maximum atomic E-state index is 12.1. The van der Waals surface area contributed by atoms with E-state index in [2.05, 4.69) is 42.3 Å². The van der Waals surface area contributed by atoms with E-state index in [0.717, 1.165) is 54.0 Å². The van der Waals surface area contributed by atoms with Gasteiger partial charge >= 0.3 is 12.0 Å². The molecule has 3 aromatic heterocycles. The van der Waals surface area contributed by atoms with E-state index in [-0.39, 0.29) is 6.03 Å². The highest BCUT2D eigenvalue weighted by Crippen LogP contribution is 2.31. The Morgan fingerprint density at radius 1 is 1.23 bits per heavy atom. The number of carbonyl (C=O) groups excluding carboxylic acids is 1. The predicted molar refractivity (Wildman–Crippen MR) is 132 cm³/mol. The zero-order valence-electron chi connectivity index (χ0n) is 19.9. The molecule has 5 rings (SSSR count). The number of urea groups is 1. The highest BCUT2D eigenvalue weighted by molar-refractivity contribution is 5.95. The number of carbonyl (C=O) groups is 1. The van der Waals surface area contributed by atoms with Crippen molar-refractivity contribution in [2.24, 2.45) is 0 Å². The maximum absolute atomic E-state index is 12.1. The molecule has 1 saturated heterocycles. The summed E-state index contributed by atoms with van der Waals surface area (Å²) < 4.78 is 5.47. The fourth-order valence-electron chi connectivity index (χ4n) is 4.38. The second-order valence-corrected chi connectivity index (χ2v) is 8.57. The largest absolute Gasteiger partial charge is 0.420 e. The topological polar surface area (TPSA) is 126 Å². The number of hydrogen-bond donors (Lipinski definition) is 3. The zero-order valence-corrected chi connectivity index (χ0v) is 19.9. The summed E-state index contributed by atoms with van der Waals surface area (Å²) in [5, 5.41) is 4.22. The molecule has 2 amide bonds. The van der Waals surface area contributed by atoms with Crippen LogP contribution < -0.4 is 10.6 Å². The molecule has 4 N–H and O–H groups in total. The SMILES string of the molecule is CCNC(=O)[NH2+]c1nc2c(-c3ncccn3)cc(-c3ccc(CN4CC[C@@H](OC)C4)nc3)cc2[nH]1. The van der Waals surface area contributed by atoms with Gasteiger partial charge in [0.15, 0.2) is 5.82 Å². The van der Waals surface area contributed by atoms with Gasteiger partial charge in [-0.05, 0) is 43.2 Å². The Morgan fingerprint density at radius 2 is 2.09 bits per heavy atom. The predicted octanol–water partition coefficient (Wildman–Crippen LogP) is 2.23. The molecule has 0 unspecified atom stereocenters. The summed E-state index contributed by atoms with van der Waals surface area (Å²) in [4.78, 5) is 35.9. The van der Waals surface area contributed by atoms with E-state index in [4.69, 9.17) is 9.72 Å². The van der Waals surface area contributed by atoms with Crippen molar-refractivity contribution in [1.82, 2.24) is 35.1 Å². The third-order valence-corrected chi connectivity index (χ3v) is 6.14. The molecule has 0 saturated carbocycles. The third-order valence-electron chi connectivity index (χ3n) is 6.14. The molecule has 1 fully saturated rings. The minimum atomic E-state index is -0.195. The molecule has 10 nitrogen and oxygen atoms in total. The summed E-state index contributed by atoms with van der Waals surface area (Å²) in [7, 11) is 1.77. The van der Waals surface area contributed by atoms with Gasteiger partial charge in [0.05, 0.1) is 17.3 Å². The van der Waals surface area contributed by atoms with Crippen LogP contribution in [-0.4, -0.2) is 68.7 Å². The van der Waals surface area contributed by atoms with Crippen LogP contribution in [0.3, 0.4) is 0 Å².